The number of hydrogen-bond donors (Lipinski definition) is 2. The summed E-state index contributed by atoms with van der Waals surface area (Å²) < 4.78 is 18.3. The van der Waals surface area contributed by atoms with Crippen LogP contribution >= 0.6 is 0 Å². The predicted molar refractivity (Wildman–Crippen MR) is 88.7 cm³/mol. The van der Waals surface area contributed by atoms with Crippen LogP contribution in [0.5, 0.6) is 5.75 Å². The van der Waals surface area contributed by atoms with Crippen LogP contribution in [-0.2, 0) is 4.79 Å². The highest BCUT2D eigenvalue weighted by Crippen LogP contribution is 2.11. The Morgan fingerprint density at radius 3 is 2.54 bits per heavy atom. The molecule has 24 heavy (non-hydrogen) atoms. The van der Waals surface area contributed by atoms with Crippen molar-refractivity contribution in [2.75, 3.05) is 6.61 Å². The van der Waals surface area contributed by atoms with E-state index < -0.39 is 11.8 Å². The Labute approximate surface area is 139 Å². The van der Waals surface area contributed by atoms with Crippen molar-refractivity contribution in [3.8, 4) is 5.75 Å². The van der Waals surface area contributed by atoms with Gasteiger partial charge in [-0.05, 0) is 55.0 Å². The largest absolute Gasteiger partial charge is 0.494 e. The average Bonchev–Trinajstić information content (AvgIpc) is 2.59. The first-order valence-electron chi connectivity index (χ1n) is 7.35. The maximum absolute atomic E-state index is 13.0. The quantitative estimate of drug-likeness (QED) is 0.655. The zero-order valence-corrected chi connectivity index (χ0v) is 13.1. The molecule has 0 saturated heterocycles. The van der Waals surface area contributed by atoms with Crippen molar-refractivity contribution >= 4 is 17.9 Å². The summed E-state index contributed by atoms with van der Waals surface area (Å²) in [6.07, 6.45) is 2.65. The number of amides is 2. The van der Waals surface area contributed by atoms with Crippen LogP contribution in [0.15, 0.2) is 54.6 Å². The van der Waals surface area contributed by atoms with E-state index in [9.17, 15) is 14.0 Å². The zero-order valence-electron chi connectivity index (χ0n) is 13.1. The summed E-state index contributed by atoms with van der Waals surface area (Å²) in [7, 11) is 0. The van der Waals surface area contributed by atoms with E-state index in [1.807, 2.05) is 6.92 Å². The predicted octanol–water partition coefficient (Wildman–Crippen LogP) is 2.70. The van der Waals surface area contributed by atoms with Gasteiger partial charge in [0.15, 0.2) is 0 Å². The normalized spacial score (nSPS) is 10.4. The molecular weight excluding hydrogens is 311 g/mol. The van der Waals surface area contributed by atoms with Crippen LogP contribution in [0.25, 0.3) is 6.08 Å². The molecule has 0 saturated carbocycles. The van der Waals surface area contributed by atoms with Crippen LogP contribution in [0.1, 0.15) is 22.8 Å². The van der Waals surface area contributed by atoms with Crippen LogP contribution in [0.3, 0.4) is 0 Å². The van der Waals surface area contributed by atoms with E-state index >= 15 is 0 Å². The van der Waals surface area contributed by atoms with Gasteiger partial charge in [0, 0.05) is 11.6 Å². The van der Waals surface area contributed by atoms with Gasteiger partial charge < -0.3 is 4.74 Å². The minimum atomic E-state index is -0.529. The van der Waals surface area contributed by atoms with Gasteiger partial charge in [-0.3, -0.25) is 20.4 Å². The number of benzene rings is 2. The van der Waals surface area contributed by atoms with Crippen molar-refractivity contribution in [1.82, 2.24) is 10.9 Å². The lowest BCUT2D eigenvalue weighted by Gasteiger charge is -2.06. The second kappa shape index (κ2) is 8.47. The third-order valence-corrected chi connectivity index (χ3v) is 3.00. The summed E-state index contributed by atoms with van der Waals surface area (Å²) in [5.41, 5.74) is 5.48. The lowest BCUT2D eigenvalue weighted by molar-refractivity contribution is -0.117. The number of hydrazine groups is 1. The molecule has 6 heteroatoms. The summed E-state index contributed by atoms with van der Waals surface area (Å²) in [5.74, 6) is -0.707. The fourth-order valence-electron chi connectivity index (χ4n) is 1.88. The Morgan fingerprint density at radius 2 is 1.88 bits per heavy atom. The van der Waals surface area contributed by atoms with E-state index in [0.29, 0.717) is 23.5 Å². The van der Waals surface area contributed by atoms with Crippen molar-refractivity contribution in [2.45, 2.75) is 6.92 Å². The Bertz CT molecular complexity index is 742. The van der Waals surface area contributed by atoms with E-state index in [1.54, 1.807) is 36.4 Å². The van der Waals surface area contributed by atoms with Gasteiger partial charge in [-0.1, -0.05) is 12.1 Å². The smallest absolute Gasteiger partial charge is 0.269 e. The molecule has 2 N–H and O–H groups in total. The highest BCUT2D eigenvalue weighted by atomic mass is 19.1. The Morgan fingerprint density at radius 1 is 1.12 bits per heavy atom. The minimum absolute atomic E-state index is 0.382. The van der Waals surface area contributed by atoms with E-state index in [1.165, 1.54) is 24.3 Å². The van der Waals surface area contributed by atoms with Gasteiger partial charge >= 0.3 is 0 Å². The number of ether oxygens (including phenoxy) is 1. The van der Waals surface area contributed by atoms with E-state index in [4.69, 9.17) is 4.74 Å². The first kappa shape index (κ1) is 17.2. The first-order valence-corrected chi connectivity index (χ1v) is 7.35. The molecule has 0 aliphatic rings. The van der Waals surface area contributed by atoms with Gasteiger partial charge in [0.2, 0.25) is 0 Å². The highest BCUT2D eigenvalue weighted by Gasteiger charge is 2.06. The molecule has 5 nitrogen and oxygen atoms in total. The average molecular weight is 328 g/mol. The molecule has 0 fully saturated rings. The zero-order chi connectivity index (χ0) is 17.4. The molecule has 0 unspecified atom stereocenters. The molecule has 2 aromatic carbocycles. The minimum Gasteiger partial charge on any atom is -0.494 e. The van der Waals surface area contributed by atoms with Gasteiger partial charge in [-0.25, -0.2) is 4.39 Å². The number of nitrogens with one attached hydrogen (secondary N) is 2. The van der Waals surface area contributed by atoms with Crippen LogP contribution in [-0.4, -0.2) is 18.4 Å². The molecule has 0 bridgehead atoms. The highest BCUT2D eigenvalue weighted by molar-refractivity contribution is 5.97. The molecule has 0 aliphatic heterocycles. The molecule has 2 rings (SSSR count). The molecule has 0 aromatic heterocycles. The molecule has 0 spiro atoms. The Balaban J connectivity index is 1.85. The third-order valence-electron chi connectivity index (χ3n) is 3.00. The van der Waals surface area contributed by atoms with Gasteiger partial charge in [-0.15, -0.1) is 0 Å². The van der Waals surface area contributed by atoms with Gasteiger partial charge in [0.1, 0.15) is 11.6 Å². The number of carbonyl (C=O) groups excluding carboxylic acids is 2. The monoisotopic (exact) mass is 328 g/mol. The lowest BCUT2D eigenvalue weighted by atomic mass is 10.2. The second-order valence-electron chi connectivity index (χ2n) is 4.79. The standard InChI is InChI=1S/C18H17FN2O3/c1-2-24-16-9-7-14(8-10-16)18(23)21-20-17(22)11-6-13-4-3-5-15(19)12-13/h3-12H,2H2,1H3,(H,20,22)(H,21,23)/b11-6+. The molecule has 0 aliphatic carbocycles. The molecule has 0 radical (unpaired) electrons. The maximum atomic E-state index is 13.0. The lowest BCUT2D eigenvalue weighted by Crippen LogP contribution is -2.40. The number of halogens is 1. The van der Waals surface area contributed by atoms with E-state index in [2.05, 4.69) is 10.9 Å². The molecule has 2 aromatic rings. The van der Waals surface area contributed by atoms with Crippen molar-refractivity contribution in [3.05, 3.63) is 71.6 Å². The van der Waals surface area contributed by atoms with Crippen molar-refractivity contribution < 1.29 is 18.7 Å². The van der Waals surface area contributed by atoms with Gasteiger partial charge in [0.05, 0.1) is 6.61 Å². The summed E-state index contributed by atoms with van der Waals surface area (Å²) in [6, 6.07) is 12.3. The van der Waals surface area contributed by atoms with Crippen LogP contribution < -0.4 is 15.6 Å². The summed E-state index contributed by atoms with van der Waals surface area (Å²) in [6.45, 7) is 2.41. The van der Waals surface area contributed by atoms with E-state index in [0.717, 1.165) is 0 Å². The molecular formula is C18H17FN2O3. The molecule has 0 atom stereocenters. The topological polar surface area (TPSA) is 67.4 Å². The number of hydrogen-bond acceptors (Lipinski definition) is 3. The van der Waals surface area contributed by atoms with Crippen LogP contribution in [0, 0.1) is 5.82 Å². The number of rotatable bonds is 5. The van der Waals surface area contributed by atoms with Crippen molar-refractivity contribution in [3.63, 3.8) is 0 Å². The van der Waals surface area contributed by atoms with Crippen molar-refractivity contribution in [1.29, 1.82) is 0 Å². The van der Waals surface area contributed by atoms with Crippen LogP contribution in [0.4, 0.5) is 4.39 Å². The van der Waals surface area contributed by atoms with Crippen molar-refractivity contribution in [2.24, 2.45) is 0 Å². The molecule has 124 valence electrons. The Hall–Kier alpha value is -3.15. The fourth-order valence-corrected chi connectivity index (χ4v) is 1.88. The fraction of sp³-hybridized carbons (Fsp3) is 0.111. The first-order chi connectivity index (χ1) is 11.6. The summed E-state index contributed by atoms with van der Waals surface area (Å²) >= 11 is 0. The van der Waals surface area contributed by atoms with Gasteiger partial charge in [-0.2, -0.15) is 0 Å². The maximum Gasteiger partial charge on any atom is 0.269 e. The molecule has 2 amide bonds. The number of carbonyl (C=O) groups is 2. The molecule has 0 heterocycles. The third kappa shape index (κ3) is 5.24. The Kier molecular flexibility index (Phi) is 6.08. The van der Waals surface area contributed by atoms with Crippen LogP contribution in [0.2, 0.25) is 0 Å². The van der Waals surface area contributed by atoms with Gasteiger partial charge in [0.25, 0.3) is 11.8 Å². The second-order valence-corrected chi connectivity index (χ2v) is 4.79. The summed E-state index contributed by atoms with van der Waals surface area (Å²) in [5, 5.41) is 0. The van der Waals surface area contributed by atoms with E-state index in [-0.39, 0.29) is 5.82 Å². The SMILES string of the molecule is CCOc1ccc(C(=O)NNC(=O)/C=C/c2cccc(F)c2)cc1. The summed E-state index contributed by atoms with van der Waals surface area (Å²) in [4.78, 5) is 23.5.